The highest BCUT2D eigenvalue weighted by Crippen LogP contribution is 2.30. The Morgan fingerprint density at radius 1 is 1.32 bits per heavy atom. The summed E-state index contributed by atoms with van der Waals surface area (Å²) in [7, 11) is -1.40. The highest BCUT2D eigenvalue weighted by atomic mass is 32.2. The first-order valence-corrected chi connectivity index (χ1v) is 9.17. The van der Waals surface area contributed by atoms with E-state index in [1.807, 2.05) is 0 Å². The summed E-state index contributed by atoms with van der Waals surface area (Å²) >= 11 is 0. The first-order chi connectivity index (χ1) is 10.2. The molecule has 4 nitrogen and oxygen atoms in total. The second-order valence-corrected chi connectivity index (χ2v) is 8.26. The van der Waals surface area contributed by atoms with Gasteiger partial charge in [-0.2, -0.15) is 0 Å². The van der Waals surface area contributed by atoms with Gasteiger partial charge in [0.05, 0.1) is 11.4 Å². The van der Waals surface area contributed by atoms with Crippen molar-refractivity contribution < 1.29 is 22.3 Å². The smallest absolute Gasteiger partial charge is 0.159 e. The van der Waals surface area contributed by atoms with Crippen molar-refractivity contribution in [2.75, 3.05) is 19.8 Å². The van der Waals surface area contributed by atoms with Gasteiger partial charge in [-0.3, -0.25) is 4.90 Å². The van der Waals surface area contributed by atoms with Gasteiger partial charge < -0.3 is 5.11 Å². The number of benzene rings is 1. The first kappa shape index (κ1) is 17.3. The van der Waals surface area contributed by atoms with Crippen LogP contribution in [0.1, 0.15) is 30.9 Å². The zero-order chi connectivity index (χ0) is 16.5. The Balaban J connectivity index is 2.07. The molecule has 22 heavy (non-hydrogen) atoms. The summed E-state index contributed by atoms with van der Waals surface area (Å²) in [6.07, 6.45) is 2.43. The van der Waals surface area contributed by atoms with Crippen LogP contribution in [0.2, 0.25) is 0 Å². The van der Waals surface area contributed by atoms with E-state index in [0.717, 1.165) is 25.0 Å². The van der Waals surface area contributed by atoms with Crippen molar-refractivity contribution in [1.82, 2.24) is 4.90 Å². The second kappa shape index (κ2) is 6.60. The third kappa shape index (κ3) is 3.83. The minimum absolute atomic E-state index is 0.157. The molecule has 0 amide bonds. The fourth-order valence-corrected chi connectivity index (χ4v) is 4.65. The Hall–Kier alpha value is -1.05. The molecule has 3 unspecified atom stereocenters. The summed E-state index contributed by atoms with van der Waals surface area (Å²) in [5, 5.41) is 9.74. The Kier molecular flexibility index (Phi) is 5.19. The number of halogens is 2. The fourth-order valence-electron chi connectivity index (χ4n) is 3.14. The average Bonchev–Trinajstić information content (AvgIpc) is 2.91. The van der Waals surface area contributed by atoms with Crippen molar-refractivity contribution in [1.29, 1.82) is 0 Å². The number of likely N-dealkylation sites (N-methyl/N-ethyl adjacent to an activating group) is 1. The highest BCUT2D eigenvalue weighted by Gasteiger charge is 2.37. The van der Waals surface area contributed by atoms with Crippen molar-refractivity contribution in [2.45, 2.75) is 36.7 Å². The topological polar surface area (TPSA) is 57.6 Å². The minimum atomic E-state index is -3.14. The van der Waals surface area contributed by atoms with E-state index in [4.69, 9.17) is 0 Å². The van der Waals surface area contributed by atoms with Crippen LogP contribution in [0.3, 0.4) is 0 Å². The van der Waals surface area contributed by atoms with Crippen LogP contribution in [0.25, 0.3) is 0 Å². The zero-order valence-corrected chi connectivity index (χ0v) is 13.5. The maximum absolute atomic E-state index is 13.2. The lowest BCUT2D eigenvalue weighted by Gasteiger charge is -2.30. The number of hydrogen-bond acceptors (Lipinski definition) is 4. The van der Waals surface area contributed by atoms with E-state index in [2.05, 4.69) is 0 Å². The van der Waals surface area contributed by atoms with Crippen molar-refractivity contribution >= 4 is 9.84 Å². The lowest BCUT2D eigenvalue weighted by molar-refractivity contribution is 0.106. The van der Waals surface area contributed by atoms with Crippen LogP contribution in [0.4, 0.5) is 8.78 Å². The maximum atomic E-state index is 13.2. The zero-order valence-electron chi connectivity index (χ0n) is 12.7. The molecule has 0 aliphatic heterocycles. The van der Waals surface area contributed by atoms with Gasteiger partial charge in [-0.05, 0) is 37.6 Å². The molecule has 0 bridgehead atoms. The van der Waals surface area contributed by atoms with E-state index < -0.39 is 32.8 Å². The third-order valence-electron chi connectivity index (χ3n) is 4.32. The van der Waals surface area contributed by atoms with Gasteiger partial charge in [-0.15, -0.1) is 0 Å². The predicted octanol–water partition coefficient (Wildman–Crippen LogP) is 1.90. The van der Waals surface area contributed by atoms with Crippen molar-refractivity contribution in [2.24, 2.45) is 0 Å². The van der Waals surface area contributed by atoms with Gasteiger partial charge >= 0.3 is 0 Å². The van der Waals surface area contributed by atoms with Gasteiger partial charge in [-0.1, -0.05) is 12.5 Å². The van der Waals surface area contributed by atoms with Crippen LogP contribution in [0.15, 0.2) is 18.2 Å². The molecule has 1 fully saturated rings. The average molecular weight is 333 g/mol. The van der Waals surface area contributed by atoms with Crippen molar-refractivity contribution in [3.63, 3.8) is 0 Å². The molecule has 0 spiro atoms. The molecule has 7 heteroatoms. The van der Waals surface area contributed by atoms with Gasteiger partial charge in [0.1, 0.15) is 0 Å². The third-order valence-corrected chi connectivity index (χ3v) is 5.97. The van der Waals surface area contributed by atoms with Crippen LogP contribution in [0, 0.1) is 11.6 Å². The summed E-state index contributed by atoms with van der Waals surface area (Å²) in [6.45, 7) is 0.168. The molecule has 1 aromatic rings. The molecule has 3 atom stereocenters. The lowest BCUT2D eigenvalue weighted by Crippen LogP contribution is -2.43. The van der Waals surface area contributed by atoms with E-state index in [1.165, 1.54) is 12.3 Å². The quantitative estimate of drug-likeness (QED) is 0.894. The molecule has 1 aliphatic rings. The van der Waals surface area contributed by atoms with E-state index in [9.17, 15) is 22.3 Å². The molecule has 0 aromatic heterocycles. The van der Waals surface area contributed by atoms with E-state index in [1.54, 1.807) is 11.9 Å². The summed E-state index contributed by atoms with van der Waals surface area (Å²) in [5.74, 6) is -1.97. The Labute approximate surface area is 129 Å². The lowest BCUT2D eigenvalue weighted by atomic mass is 10.1. The molecule has 0 heterocycles. The number of rotatable bonds is 5. The summed E-state index contributed by atoms with van der Waals surface area (Å²) in [4.78, 5) is 1.80. The first-order valence-electron chi connectivity index (χ1n) is 7.22. The molecule has 1 saturated carbocycles. The normalized spacial score (nSPS) is 23.9. The number of aliphatic hydroxyl groups is 1. The van der Waals surface area contributed by atoms with E-state index >= 15 is 0 Å². The monoisotopic (exact) mass is 333 g/mol. The second-order valence-electron chi connectivity index (χ2n) is 6.00. The molecule has 1 aromatic carbocycles. The van der Waals surface area contributed by atoms with Gasteiger partial charge in [-0.25, -0.2) is 17.2 Å². The standard InChI is InChI=1S/C15H21F2NO3S/c1-18(13-4-3-5-15(13)22(2,20)21)9-14(19)10-6-7-11(16)12(17)8-10/h6-8,13-15,19H,3-5,9H2,1-2H3. The maximum Gasteiger partial charge on any atom is 0.159 e. The molecule has 124 valence electrons. The molecule has 0 radical (unpaired) electrons. The molecule has 2 rings (SSSR count). The number of nitrogens with zero attached hydrogens (tertiary/aromatic N) is 1. The van der Waals surface area contributed by atoms with E-state index in [-0.39, 0.29) is 18.2 Å². The van der Waals surface area contributed by atoms with E-state index in [0.29, 0.717) is 6.42 Å². The van der Waals surface area contributed by atoms with Crippen LogP contribution in [-0.4, -0.2) is 49.6 Å². The molecule has 1 aliphatic carbocycles. The number of hydrogen-bond donors (Lipinski definition) is 1. The van der Waals surface area contributed by atoms with Gasteiger partial charge in [0.25, 0.3) is 0 Å². The molecule has 1 N–H and O–H groups in total. The molecular formula is C15H21F2NO3S. The number of aliphatic hydroxyl groups excluding tert-OH is 1. The number of sulfone groups is 1. The van der Waals surface area contributed by atoms with Crippen molar-refractivity contribution in [3.05, 3.63) is 35.4 Å². The SMILES string of the molecule is CN(CC(O)c1ccc(F)c(F)c1)C1CCCC1S(C)(=O)=O. The van der Waals surface area contributed by atoms with Crippen LogP contribution in [-0.2, 0) is 9.84 Å². The van der Waals surface area contributed by atoms with Crippen LogP contribution in [0.5, 0.6) is 0 Å². The van der Waals surface area contributed by atoms with Crippen LogP contribution >= 0.6 is 0 Å². The van der Waals surface area contributed by atoms with Gasteiger partial charge in [0.15, 0.2) is 21.5 Å². The van der Waals surface area contributed by atoms with Crippen molar-refractivity contribution in [3.8, 4) is 0 Å². The van der Waals surface area contributed by atoms with Crippen LogP contribution < -0.4 is 0 Å². The predicted molar refractivity (Wildman–Crippen MR) is 80.2 cm³/mol. The Bertz CT molecular complexity index is 636. The summed E-state index contributed by atoms with van der Waals surface area (Å²) in [5.41, 5.74) is 0.277. The van der Waals surface area contributed by atoms with Gasteiger partial charge in [0, 0.05) is 18.8 Å². The molecule has 0 saturated heterocycles. The summed E-state index contributed by atoms with van der Waals surface area (Å²) in [6, 6.07) is 3.12. The summed E-state index contributed by atoms with van der Waals surface area (Å²) < 4.78 is 49.7. The minimum Gasteiger partial charge on any atom is -0.387 e. The fraction of sp³-hybridized carbons (Fsp3) is 0.600. The highest BCUT2D eigenvalue weighted by molar-refractivity contribution is 7.91. The largest absolute Gasteiger partial charge is 0.387 e. The Morgan fingerprint density at radius 3 is 2.59 bits per heavy atom. The Morgan fingerprint density at radius 2 is 2.00 bits per heavy atom. The molecular weight excluding hydrogens is 312 g/mol. The van der Waals surface area contributed by atoms with Gasteiger partial charge in [0.2, 0.25) is 0 Å².